The molecule has 0 aliphatic heterocycles. The normalized spacial score (nSPS) is 11.2. The highest BCUT2D eigenvalue weighted by Gasteiger charge is 2.02. The summed E-state index contributed by atoms with van der Waals surface area (Å²) in [6, 6.07) is 10.0. The number of H-pyrrole nitrogens is 1. The van der Waals surface area contributed by atoms with E-state index >= 15 is 0 Å². The predicted octanol–water partition coefficient (Wildman–Crippen LogP) is 3.75. The van der Waals surface area contributed by atoms with Crippen LogP contribution in [-0.2, 0) is 11.2 Å². The lowest BCUT2D eigenvalue weighted by atomic mass is 10.0. The summed E-state index contributed by atoms with van der Waals surface area (Å²) in [6.07, 6.45) is 4.18. The van der Waals surface area contributed by atoms with Gasteiger partial charge in [0.25, 0.3) is 0 Å². The maximum atomic E-state index is 11.8. The van der Waals surface area contributed by atoms with Crippen molar-refractivity contribution >= 4 is 17.8 Å². The molecule has 0 saturated carbocycles. The van der Waals surface area contributed by atoms with Crippen molar-refractivity contribution < 1.29 is 4.79 Å². The summed E-state index contributed by atoms with van der Waals surface area (Å²) in [5.74, 6) is 0.882. The minimum Gasteiger partial charge on any atom is -0.306 e. The van der Waals surface area contributed by atoms with Gasteiger partial charge in [-0.3, -0.25) is 9.89 Å². The molecule has 110 valence electrons. The Labute approximate surface area is 125 Å². The molecule has 0 fully saturated rings. The van der Waals surface area contributed by atoms with Gasteiger partial charge in [-0.15, -0.1) is 0 Å². The van der Waals surface area contributed by atoms with Crippen LogP contribution in [0.25, 0.3) is 6.08 Å². The van der Waals surface area contributed by atoms with Gasteiger partial charge < -0.3 is 5.32 Å². The lowest BCUT2D eigenvalue weighted by Crippen LogP contribution is -2.07. The number of aryl methyl sites for hydroxylation is 1. The fraction of sp³-hybridized carbons (Fsp3) is 0.294. The van der Waals surface area contributed by atoms with Crippen molar-refractivity contribution in [2.24, 2.45) is 0 Å². The Morgan fingerprint density at radius 1 is 1.33 bits per heavy atom. The SMILES string of the molecule is CCc1cc(NC(=O)/C=C/c2ccc(C(C)C)cc2)n[nH]1. The number of hydrogen-bond acceptors (Lipinski definition) is 2. The molecule has 1 heterocycles. The van der Waals surface area contributed by atoms with Crippen molar-refractivity contribution in [2.45, 2.75) is 33.1 Å². The Bertz CT molecular complexity index is 624. The van der Waals surface area contributed by atoms with Crippen molar-refractivity contribution in [2.75, 3.05) is 5.32 Å². The zero-order valence-corrected chi connectivity index (χ0v) is 12.7. The molecule has 0 atom stereocenters. The number of hydrogen-bond donors (Lipinski definition) is 2. The Hall–Kier alpha value is -2.36. The maximum absolute atomic E-state index is 11.8. The van der Waals surface area contributed by atoms with Crippen LogP contribution in [0.4, 0.5) is 5.82 Å². The number of nitrogens with zero attached hydrogens (tertiary/aromatic N) is 1. The Morgan fingerprint density at radius 2 is 2.05 bits per heavy atom. The first-order valence-electron chi connectivity index (χ1n) is 7.21. The lowest BCUT2D eigenvalue weighted by Gasteiger charge is -2.04. The molecule has 0 radical (unpaired) electrons. The molecular formula is C17H21N3O. The highest BCUT2D eigenvalue weighted by molar-refractivity contribution is 6.01. The quantitative estimate of drug-likeness (QED) is 0.821. The van der Waals surface area contributed by atoms with E-state index < -0.39 is 0 Å². The van der Waals surface area contributed by atoms with Crippen molar-refractivity contribution in [3.8, 4) is 0 Å². The van der Waals surface area contributed by atoms with E-state index in [2.05, 4.69) is 41.5 Å². The van der Waals surface area contributed by atoms with Crippen molar-refractivity contribution in [3.63, 3.8) is 0 Å². The highest BCUT2D eigenvalue weighted by atomic mass is 16.1. The summed E-state index contributed by atoms with van der Waals surface area (Å²) in [4.78, 5) is 11.8. The van der Waals surface area contributed by atoms with E-state index in [1.165, 1.54) is 11.6 Å². The number of rotatable bonds is 5. The molecule has 1 aromatic heterocycles. The van der Waals surface area contributed by atoms with Gasteiger partial charge in [0.2, 0.25) is 5.91 Å². The molecule has 0 unspecified atom stereocenters. The zero-order valence-electron chi connectivity index (χ0n) is 12.7. The largest absolute Gasteiger partial charge is 0.306 e. The highest BCUT2D eigenvalue weighted by Crippen LogP contribution is 2.15. The monoisotopic (exact) mass is 283 g/mol. The van der Waals surface area contributed by atoms with Crippen LogP contribution in [0.15, 0.2) is 36.4 Å². The number of anilines is 1. The molecule has 1 amide bonds. The summed E-state index contributed by atoms with van der Waals surface area (Å²) in [5, 5.41) is 9.61. The fourth-order valence-corrected chi connectivity index (χ4v) is 1.94. The Morgan fingerprint density at radius 3 is 2.62 bits per heavy atom. The van der Waals surface area contributed by atoms with Crippen LogP contribution in [-0.4, -0.2) is 16.1 Å². The van der Waals surface area contributed by atoms with Crippen LogP contribution >= 0.6 is 0 Å². The van der Waals surface area contributed by atoms with Crippen LogP contribution < -0.4 is 5.32 Å². The lowest BCUT2D eigenvalue weighted by molar-refractivity contribution is -0.111. The smallest absolute Gasteiger partial charge is 0.249 e. The third-order valence-corrected chi connectivity index (χ3v) is 3.29. The van der Waals surface area contributed by atoms with E-state index in [-0.39, 0.29) is 5.91 Å². The Kier molecular flexibility index (Phi) is 4.93. The summed E-state index contributed by atoms with van der Waals surface area (Å²) in [6.45, 7) is 6.35. The number of aromatic nitrogens is 2. The van der Waals surface area contributed by atoms with Gasteiger partial charge in [-0.25, -0.2) is 0 Å². The van der Waals surface area contributed by atoms with Crippen LogP contribution in [0, 0.1) is 0 Å². The van der Waals surface area contributed by atoms with E-state index in [9.17, 15) is 4.79 Å². The number of nitrogens with one attached hydrogen (secondary N) is 2. The van der Waals surface area contributed by atoms with Gasteiger partial charge in [-0.05, 0) is 29.5 Å². The topological polar surface area (TPSA) is 57.8 Å². The molecule has 21 heavy (non-hydrogen) atoms. The molecule has 1 aromatic carbocycles. The second-order valence-corrected chi connectivity index (χ2v) is 5.28. The molecule has 2 rings (SSSR count). The van der Waals surface area contributed by atoms with Gasteiger partial charge >= 0.3 is 0 Å². The molecule has 0 saturated heterocycles. The number of carbonyl (C=O) groups excluding carboxylic acids is 1. The molecule has 4 nitrogen and oxygen atoms in total. The Balaban J connectivity index is 1.95. The van der Waals surface area contributed by atoms with E-state index in [0.29, 0.717) is 11.7 Å². The van der Waals surface area contributed by atoms with Gasteiger partial charge in [-0.1, -0.05) is 45.0 Å². The van der Waals surface area contributed by atoms with Gasteiger partial charge in [0, 0.05) is 17.8 Å². The minimum absolute atomic E-state index is 0.183. The van der Waals surface area contributed by atoms with E-state index in [0.717, 1.165) is 17.7 Å². The van der Waals surface area contributed by atoms with Crippen LogP contribution in [0.5, 0.6) is 0 Å². The van der Waals surface area contributed by atoms with Crippen LogP contribution in [0.1, 0.15) is 43.5 Å². The van der Waals surface area contributed by atoms with Gasteiger partial charge in [0.15, 0.2) is 5.82 Å². The molecule has 2 aromatic rings. The minimum atomic E-state index is -0.183. The second-order valence-electron chi connectivity index (χ2n) is 5.28. The molecule has 0 aliphatic carbocycles. The molecular weight excluding hydrogens is 262 g/mol. The van der Waals surface area contributed by atoms with E-state index in [1.54, 1.807) is 6.08 Å². The van der Waals surface area contributed by atoms with Gasteiger partial charge in [0.05, 0.1) is 0 Å². The summed E-state index contributed by atoms with van der Waals surface area (Å²) in [7, 11) is 0. The van der Waals surface area contributed by atoms with Crippen LogP contribution in [0.3, 0.4) is 0 Å². The van der Waals surface area contributed by atoms with Crippen molar-refractivity contribution in [3.05, 3.63) is 53.2 Å². The van der Waals surface area contributed by atoms with Gasteiger partial charge in [-0.2, -0.15) is 5.10 Å². The third kappa shape index (κ3) is 4.31. The number of carbonyl (C=O) groups is 1. The molecule has 0 spiro atoms. The maximum Gasteiger partial charge on any atom is 0.249 e. The average Bonchev–Trinajstić information content (AvgIpc) is 2.93. The van der Waals surface area contributed by atoms with Crippen molar-refractivity contribution in [1.29, 1.82) is 0 Å². The summed E-state index contributed by atoms with van der Waals surface area (Å²) < 4.78 is 0. The van der Waals surface area contributed by atoms with E-state index in [4.69, 9.17) is 0 Å². The third-order valence-electron chi connectivity index (χ3n) is 3.29. The van der Waals surface area contributed by atoms with Gasteiger partial charge in [0.1, 0.15) is 0 Å². The van der Waals surface area contributed by atoms with Crippen LogP contribution in [0.2, 0.25) is 0 Å². The first kappa shape index (κ1) is 15.0. The standard InChI is InChI=1S/C17H21N3O/c1-4-15-11-16(20-19-15)18-17(21)10-7-13-5-8-14(9-6-13)12(2)3/h5-12H,4H2,1-3H3,(H2,18,19,20,21)/b10-7+. The summed E-state index contributed by atoms with van der Waals surface area (Å²) in [5.41, 5.74) is 3.30. The zero-order chi connectivity index (χ0) is 15.2. The predicted molar refractivity (Wildman–Crippen MR) is 86.2 cm³/mol. The molecule has 4 heteroatoms. The average molecular weight is 283 g/mol. The molecule has 0 aliphatic rings. The van der Waals surface area contributed by atoms with Crippen molar-refractivity contribution in [1.82, 2.24) is 10.2 Å². The fourth-order valence-electron chi connectivity index (χ4n) is 1.94. The second kappa shape index (κ2) is 6.88. The van der Waals surface area contributed by atoms with E-state index in [1.807, 2.05) is 25.1 Å². The molecule has 2 N–H and O–H groups in total. The summed E-state index contributed by atoms with van der Waals surface area (Å²) >= 11 is 0. The first-order valence-corrected chi connectivity index (χ1v) is 7.21. The number of amides is 1. The first-order chi connectivity index (χ1) is 10.1. The number of benzene rings is 1. The molecule has 0 bridgehead atoms. The number of aromatic amines is 1.